The zero-order chi connectivity index (χ0) is 46.7. The van der Waals surface area contributed by atoms with Crippen molar-refractivity contribution in [2.24, 2.45) is 0 Å². The van der Waals surface area contributed by atoms with Crippen LogP contribution in [0.4, 0.5) is 0 Å². The van der Waals surface area contributed by atoms with Crippen LogP contribution < -0.4 is 10.6 Å². The Morgan fingerprint density at radius 1 is 0.569 bits per heavy atom. The Hall–Kier alpha value is -5.24. The lowest BCUT2D eigenvalue weighted by Crippen LogP contribution is -2.50. The fourth-order valence-corrected chi connectivity index (χ4v) is 7.23. The molecule has 1 fully saturated rings. The maximum Gasteiger partial charge on any atom is 0.317 e. The number of nitrogens with zero attached hydrogens (tertiary/aromatic N) is 5. The van der Waals surface area contributed by atoms with Crippen molar-refractivity contribution in [1.29, 1.82) is 0 Å². The number of hydrogen-bond acceptors (Lipinski definition) is 14. The van der Waals surface area contributed by atoms with Crippen LogP contribution in [0.2, 0.25) is 0 Å². The number of ether oxygens (including phenoxy) is 4. The predicted molar refractivity (Wildman–Crippen MR) is 236 cm³/mol. The topological polar surface area (TPSA) is 240 Å². The van der Waals surface area contributed by atoms with Crippen molar-refractivity contribution in [3.05, 3.63) is 58.8 Å². The molecule has 20 nitrogen and oxygen atoms in total. The van der Waals surface area contributed by atoms with Gasteiger partial charge in [-0.1, -0.05) is 36.1 Å². The molecule has 1 aromatic carbocycles. The lowest BCUT2D eigenvalue weighted by Gasteiger charge is -2.32. The molecule has 1 aliphatic carbocycles. The number of rotatable bonds is 26. The van der Waals surface area contributed by atoms with Gasteiger partial charge in [-0.25, -0.2) is 0 Å². The largest absolute Gasteiger partial charge is 0.480 e. The third-order valence-corrected chi connectivity index (χ3v) is 10.6. The van der Waals surface area contributed by atoms with Gasteiger partial charge in [-0.2, -0.15) is 0 Å². The van der Waals surface area contributed by atoms with Gasteiger partial charge in [0.1, 0.15) is 0 Å². The van der Waals surface area contributed by atoms with Crippen LogP contribution in [0.5, 0.6) is 0 Å². The van der Waals surface area contributed by atoms with Crippen LogP contribution in [0, 0.1) is 11.8 Å². The Morgan fingerprint density at radius 3 is 1.62 bits per heavy atom. The van der Waals surface area contributed by atoms with Gasteiger partial charge in [0.15, 0.2) is 0 Å². The molecule has 0 spiro atoms. The average Bonchev–Trinajstić information content (AvgIpc) is 3.26. The zero-order valence-electron chi connectivity index (χ0n) is 37.2. The third-order valence-electron chi connectivity index (χ3n) is 10.6. The van der Waals surface area contributed by atoms with Gasteiger partial charge >= 0.3 is 17.9 Å². The highest BCUT2D eigenvalue weighted by atomic mass is 16.6. The fourth-order valence-electron chi connectivity index (χ4n) is 7.23. The van der Waals surface area contributed by atoms with E-state index in [-0.39, 0.29) is 83.0 Å². The minimum absolute atomic E-state index is 0.0184. The van der Waals surface area contributed by atoms with Crippen LogP contribution in [0.25, 0.3) is 0 Å². The van der Waals surface area contributed by atoms with E-state index < -0.39 is 17.9 Å². The summed E-state index contributed by atoms with van der Waals surface area (Å²) in [6.45, 7) is 5.18. The number of hydrogen-bond donors (Lipinski definition) is 5. The highest BCUT2D eigenvalue weighted by Crippen LogP contribution is 2.27. The summed E-state index contributed by atoms with van der Waals surface area (Å²) >= 11 is 0. The predicted octanol–water partition coefficient (Wildman–Crippen LogP) is -0.461. The summed E-state index contributed by atoms with van der Waals surface area (Å²) in [5, 5.41) is 33.8. The molecule has 2 aliphatic heterocycles. The molecule has 1 saturated heterocycles. The summed E-state index contributed by atoms with van der Waals surface area (Å²) < 4.78 is 22.1. The smallest absolute Gasteiger partial charge is 0.317 e. The number of carbonyl (C=O) groups is 6. The number of aliphatic carboxylic acids is 3. The van der Waals surface area contributed by atoms with Crippen LogP contribution in [-0.4, -0.2) is 220 Å². The molecule has 1 aromatic rings. The van der Waals surface area contributed by atoms with Gasteiger partial charge in [-0.3, -0.25) is 48.4 Å². The number of carbonyl (C=O) groups excluding carboxylic acids is 3. The van der Waals surface area contributed by atoms with E-state index in [1.807, 2.05) is 40.1 Å². The molecule has 0 aromatic heterocycles. The first-order valence-electron chi connectivity index (χ1n) is 22.2. The molecule has 20 heteroatoms. The number of carboxylic acid groups (broad SMARTS) is 3. The SMILES string of the molecule is O=C(O)CN1CCN(CC(=O)O)CCN(CC(=O)NCCOCCOCCOCCOCCC(=O)NCCC(=O)N2Cc3ccccc3C#CC3=C2CCC=C3)CCN(CC(=O)O)CC1. The molecule has 0 radical (unpaired) electrons. The van der Waals surface area contributed by atoms with Crippen molar-refractivity contribution < 1.29 is 63.0 Å². The average molecular weight is 912 g/mol. The second kappa shape index (κ2) is 30.1. The maximum atomic E-state index is 13.4. The quantitative estimate of drug-likeness (QED) is 0.0584. The molecule has 0 unspecified atom stereocenters. The first-order chi connectivity index (χ1) is 31.5. The van der Waals surface area contributed by atoms with Gasteiger partial charge in [-0.05, 0) is 30.5 Å². The molecule has 2 heterocycles. The van der Waals surface area contributed by atoms with Crippen LogP contribution >= 0.6 is 0 Å². The highest BCUT2D eigenvalue weighted by Gasteiger charge is 2.25. The van der Waals surface area contributed by atoms with Crippen molar-refractivity contribution in [3.63, 3.8) is 0 Å². The molecule has 5 N–H and O–H groups in total. The number of amides is 3. The molecule has 65 heavy (non-hydrogen) atoms. The zero-order valence-corrected chi connectivity index (χ0v) is 37.2. The van der Waals surface area contributed by atoms with Crippen LogP contribution in [0.1, 0.15) is 36.8 Å². The Labute approximate surface area is 380 Å². The second-order valence-electron chi connectivity index (χ2n) is 15.6. The van der Waals surface area contributed by atoms with E-state index in [9.17, 15) is 44.1 Å². The van der Waals surface area contributed by atoms with E-state index >= 15 is 0 Å². The number of nitrogens with one attached hydrogen (secondary N) is 2. The number of fused-ring (bicyclic) bond motifs is 1. The maximum absolute atomic E-state index is 13.4. The van der Waals surface area contributed by atoms with Gasteiger partial charge in [0.05, 0.1) is 85.6 Å². The van der Waals surface area contributed by atoms with Crippen molar-refractivity contribution in [2.75, 3.05) is 144 Å². The van der Waals surface area contributed by atoms with E-state index in [2.05, 4.69) is 28.6 Å². The van der Waals surface area contributed by atoms with E-state index in [4.69, 9.17) is 18.9 Å². The van der Waals surface area contributed by atoms with E-state index in [1.54, 1.807) is 14.7 Å². The highest BCUT2D eigenvalue weighted by molar-refractivity contribution is 5.81. The van der Waals surface area contributed by atoms with E-state index in [0.29, 0.717) is 98.5 Å². The van der Waals surface area contributed by atoms with Gasteiger partial charge in [-0.15, -0.1) is 0 Å². The Bertz CT molecular complexity index is 1820. The fraction of sp³-hybridized carbons (Fsp3) is 0.600. The second-order valence-corrected chi connectivity index (χ2v) is 15.6. The van der Waals surface area contributed by atoms with Crippen molar-refractivity contribution in [1.82, 2.24) is 35.1 Å². The van der Waals surface area contributed by atoms with Gasteiger partial charge in [0, 0.05) is 95.1 Å². The Balaban J connectivity index is 0.997. The monoisotopic (exact) mass is 911 g/mol. The molecule has 3 aliphatic rings. The van der Waals surface area contributed by atoms with Crippen molar-refractivity contribution >= 4 is 35.6 Å². The summed E-state index contributed by atoms with van der Waals surface area (Å²) in [5.41, 5.74) is 3.69. The van der Waals surface area contributed by atoms with E-state index in [0.717, 1.165) is 35.2 Å². The normalized spacial score (nSPS) is 16.7. The lowest BCUT2D eigenvalue weighted by molar-refractivity contribution is -0.140. The summed E-state index contributed by atoms with van der Waals surface area (Å²) in [6.07, 6.45) is 5.98. The molecule has 0 atom stereocenters. The number of carboxylic acids is 3. The molecule has 4 rings (SSSR count). The lowest BCUT2D eigenvalue weighted by atomic mass is 9.97. The van der Waals surface area contributed by atoms with Crippen LogP contribution in [-0.2, 0) is 54.3 Å². The minimum Gasteiger partial charge on any atom is -0.480 e. The van der Waals surface area contributed by atoms with Crippen molar-refractivity contribution in [2.45, 2.75) is 32.2 Å². The molecule has 0 saturated carbocycles. The summed E-state index contributed by atoms with van der Waals surface area (Å²) in [5.74, 6) is 2.89. The van der Waals surface area contributed by atoms with Gasteiger partial charge < -0.3 is 49.8 Å². The number of allylic oxidation sites excluding steroid dienone is 4. The third kappa shape index (κ3) is 21.5. The molecule has 0 bridgehead atoms. The first kappa shape index (κ1) is 52.4. The summed E-state index contributed by atoms with van der Waals surface area (Å²) in [7, 11) is 0. The molecular formula is C45H65N7O13. The summed E-state index contributed by atoms with van der Waals surface area (Å²) in [6, 6.07) is 7.84. The molecule has 358 valence electrons. The molecular weight excluding hydrogens is 847 g/mol. The summed E-state index contributed by atoms with van der Waals surface area (Å²) in [4.78, 5) is 81.7. The van der Waals surface area contributed by atoms with Gasteiger partial charge in [0.2, 0.25) is 17.7 Å². The Morgan fingerprint density at radius 2 is 1.06 bits per heavy atom. The van der Waals surface area contributed by atoms with Crippen LogP contribution in [0.3, 0.4) is 0 Å². The Kier molecular flexibility index (Phi) is 24.2. The standard InChI is InChI=1S/C45H65N7O13/c53-40(46-13-11-42(55)52-31-38-7-2-1-5-36(38)9-10-37-6-3-4-8-39(37)52)12-23-62-25-27-64-29-30-65-28-26-63-24-14-47-41(54)32-48-15-17-49(33-43(56)57)19-21-51(35-45(60)61)22-20-50(18-16-48)34-44(58)59/h1-3,5-7H,4,8,11-35H2,(H,46,53)(H,47,54)(H,56,57)(H,58,59)(H,60,61). The first-order valence-corrected chi connectivity index (χ1v) is 22.2. The van der Waals surface area contributed by atoms with Gasteiger partial charge in [0.25, 0.3) is 0 Å². The van der Waals surface area contributed by atoms with Crippen molar-refractivity contribution in [3.8, 4) is 11.8 Å². The van der Waals surface area contributed by atoms with Crippen LogP contribution in [0.15, 0.2) is 47.7 Å². The number of benzene rings is 1. The molecule has 3 amide bonds. The van der Waals surface area contributed by atoms with E-state index in [1.165, 1.54) is 0 Å². The minimum atomic E-state index is -1.03.